The Morgan fingerprint density at radius 2 is 1.55 bits per heavy atom. The first kappa shape index (κ1) is 22.0. The van der Waals surface area contributed by atoms with E-state index in [1.807, 2.05) is 30.1 Å². The van der Waals surface area contributed by atoms with Crippen molar-refractivity contribution in [2.24, 2.45) is 5.10 Å². The van der Waals surface area contributed by atoms with Crippen molar-refractivity contribution in [1.82, 2.24) is 0 Å². The summed E-state index contributed by atoms with van der Waals surface area (Å²) in [5, 5.41) is 9.09. The van der Waals surface area contributed by atoms with E-state index in [0.29, 0.717) is 22.4 Å². The molecule has 1 N–H and O–H groups in total. The van der Waals surface area contributed by atoms with Crippen molar-refractivity contribution in [3.05, 3.63) is 95.6 Å². The minimum atomic E-state index is -0.567. The van der Waals surface area contributed by atoms with Gasteiger partial charge in [-0.2, -0.15) is 5.10 Å². The molecule has 0 bridgehead atoms. The highest BCUT2D eigenvalue weighted by Gasteiger charge is 2.15. The maximum absolute atomic E-state index is 12.4. The fourth-order valence-electron chi connectivity index (χ4n) is 3.36. The number of ether oxygens (including phenoxy) is 1. The number of nitrogens with one attached hydrogen (secondary N) is 1. The van der Waals surface area contributed by atoms with Crippen molar-refractivity contribution in [3.8, 4) is 0 Å². The van der Waals surface area contributed by atoms with Crippen molar-refractivity contribution in [1.29, 1.82) is 0 Å². The van der Waals surface area contributed by atoms with Crippen LogP contribution in [0.5, 0.6) is 0 Å². The van der Waals surface area contributed by atoms with Gasteiger partial charge in [-0.1, -0.05) is 18.2 Å². The van der Waals surface area contributed by atoms with Crippen molar-refractivity contribution >= 4 is 34.7 Å². The number of nitrogens with zero attached hydrogens (tertiary/aromatic N) is 2. The summed E-state index contributed by atoms with van der Waals surface area (Å²) in [6, 6.07) is 22.2. The summed E-state index contributed by atoms with van der Waals surface area (Å²) >= 11 is 0. The van der Waals surface area contributed by atoms with E-state index in [9.17, 15) is 14.4 Å². The van der Waals surface area contributed by atoms with Crippen molar-refractivity contribution in [3.63, 3.8) is 0 Å². The van der Waals surface area contributed by atoms with Gasteiger partial charge < -0.3 is 10.1 Å². The molecule has 4 rings (SSSR count). The molecule has 0 atom stereocenters. The van der Waals surface area contributed by atoms with Gasteiger partial charge in [0.2, 0.25) is 0 Å². The summed E-state index contributed by atoms with van der Waals surface area (Å²) in [5.74, 6) is -1.13. The van der Waals surface area contributed by atoms with Crippen LogP contribution >= 0.6 is 0 Å². The number of hydrazone groups is 1. The van der Waals surface area contributed by atoms with E-state index >= 15 is 0 Å². The Morgan fingerprint density at radius 1 is 0.879 bits per heavy atom. The molecule has 0 saturated heterocycles. The second-order valence-electron chi connectivity index (χ2n) is 7.65. The normalized spacial score (nSPS) is 12.8. The summed E-state index contributed by atoms with van der Waals surface area (Å²) in [5.41, 5.74) is 3.84. The van der Waals surface area contributed by atoms with Gasteiger partial charge in [-0.15, -0.1) is 0 Å². The van der Waals surface area contributed by atoms with E-state index in [1.165, 1.54) is 0 Å². The Kier molecular flexibility index (Phi) is 6.59. The number of Topliss-reactive ketones (excluding diaryl/α,β-unsaturated/α-hetero) is 1. The lowest BCUT2D eigenvalue weighted by atomic mass is 10.1. The van der Waals surface area contributed by atoms with Gasteiger partial charge in [-0.3, -0.25) is 14.6 Å². The third-order valence-corrected chi connectivity index (χ3v) is 5.21. The van der Waals surface area contributed by atoms with E-state index < -0.39 is 5.97 Å². The third-order valence-electron chi connectivity index (χ3n) is 5.21. The van der Waals surface area contributed by atoms with Crippen LogP contribution in [0.1, 0.15) is 44.4 Å². The van der Waals surface area contributed by atoms with Crippen molar-refractivity contribution in [2.75, 3.05) is 23.5 Å². The molecule has 0 radical (unpaired) electrons. The summed E-state index contributed by atoms with van der Waals surface area (Å²) in [6.07, 6.45) is 0.923. The van der Waals surface area contributed by atoms with Gasteiger partial charge in [-0.05, 0) is 67.6 Å². The monoisotopic (exact) mass is 441 g/mol. The molecule has 1 heterocycles. The molecule has 0 unspecified atom stereocenters. The zero-order valence-corrected chi connectivity index (χ0v) is 18.2. The molecule has 0 saturated carbocycles. The minimum Gasteiger partial charge on any atom is -0.454 e. The second-order valence-corrected chi connectivity index (χ2v) is 7.65. The topological polar surface area (TPSA) is 88.1 Å². The second kappa shape index (κ2) is 9.91. The van der Waals surface area contributed by atoms with Crippen LogP contribution in [0.3, 0.4) is 0 Å². The fourth-order valence-corrected chi connectivity index (χ4v) is 3.36. The van der Waals surface area contributed by atoms with Crippen molar-refractivity contribution < 1.29 is 19.1 Å². The van der Waals surface area contributed by atoms with E-state index in [2.05, 4.69) is 10.4 Å². The summed E-state index contributed by atoms with van der Waals surface area (Å²) in [7, 11) is 0. The first-order valence-corrected chi connectivity index (χ1v) is 10.6. The van der Waals surface area contributed by atoms with Gasteiger partial charge in [0.25, 0.3) is 5.91 Å². The summed E-state index contributed by atoms with van der Waals surface area (Å²) in [4.78, 5) is 36.9. The molecule has 33 heavy (non-hydrogen) atoms. The summed E-state index contributed by atoms with van der Waals surface area (Å²) < 4.78 is 5.18. The number of benzene rings is 3. The van der Waals surface area contributed by atoms with Gasteiger partial charge in [0.15, 0.2) is 12.4 Å². The average molecular weight is 441 g/mol. The summed E-state index contributed by atoms with van der Waals surface area (Å²) in [6.45, 7) is 2.43. The predicted octanol–water partition coefficient (Wildman–Crippen LogP) is 4.56. The van der Waals surface area contributed by atoms with Crippen LogP contribution in [-0.4, -0.2) is 36.5 Å². The van der Waals surface area contributed by atoms with Crippen LogP contribution in [0, 0.1) is 0 Å². The Labute approximate surface area is 191 Å². The quantitative estimate of drug-likeness (QED) is 0.429. The molecule has 166 valence electrons. The molecule has 7 nitrogen and oxygen atoms in total. The van der Waals surface area contributed by atoms with Crippen LogP contribution in [0.4, 0.5) is 11.4 Å². The van der Waals surface area contributed by atoms with E-state index in [-0.39, 0.29) is 18.3 Å². The van der Waals surface area contributed by atoms with Gasteiger partial charge in [0.05, 0.1) is 11.3 Å². The number of rotatable bonds is 7. The van der Waals surface area contributed by atoms with E-state index in [4.69, 9.17) is 4.74 Å². The Bertz CT molecular complexity index is 1190. The molecule has 7 heteroatoms. The number of hydrogen-bond donors (Lipinski definition) is 1. The molecule has 1 aliphatic rings. The number of carbonyl (C=O) groups excluding carboxylic acids is 3. The Hall–Kier alpha value is -4.26. The lowest BCUT2D eigenvalue weighted by Crippen LogP contribution is -2.15. The molecule has 1 amide bonds. The van der Waals surface area contributed by atoms with Gasteiger partial charge in [0.1, 0.15) is 0 Å². The maximum Gasteiger partial charge on any atom is 0.338 e. The molecule has 3 aromatic rings. The van der Waals surface area contributed by atoms with Crippen LogP contribution in [0.2, 0.25) is 0 Å². The standard InChI is InChI=1S/C26H23N3O4/c1-18-15-16-29(28-18)23-13-9-21(10-14-23)26(32)33-17-24(30)19-7-11-22(12-8-19)27-25(31)20-5-3-2-4-6-20/h2-14H,15-17H2,1H3,(H,27,31). The zero-order valence-electron chi connectivity index (χ0n) is 18.2. The van der Waals surface area contributed by atoms with Gasteiger partial charge in [0, 0.05) is 35.5 Å². The molecule has 0 aromatic heterocycles. The smallest absolute Gasteiger partial charge is 0.338 e. The molecule has 0 fully saturated rings. The van der Waals surface area contributed by atoms with Crippen molar-refractivity contribution in [2.45, 2.75) is 13.3 Å². The zero-order chi connectivity index (χ0) is 23.2. The predicted molar refractivity (Wildman–Crippen MR) is 127 cm³/mol. The van der Waals surface area contributed by atoms with Crippen LogP contribution in [-0.2, 0) is 4.74 Å². The van der Waals surface area contributed by atoms with Gasteiger partial charge in [-0.25, -0.2) is 4.79 Å². The van der Waals surface area contributed by atoms with Crippen LogP contribution < -0.4 is 10.3 Å². The SMILES string of the molecule is CC1=NN(c2ccc(C(=O)OCC(=O)c3ccc(NC(=O)c4ccccc4)cc3)cc2)CC1. The lowest BCUT2D eigenvalue weighted by Gasteiger charge is -2.13. The highest BCUT2D eigenvalue weighted by molar-refractivity contribution is 6.05. The number of anilines is 2. The Balaban J connectivity index is 1.29. The average Bonchev–Trinajstić information content (AvgIpc) is 3.29. The van der Waals surface area contributed by atoms with Crippen LogP contribution in [0.25, 0.3) is 0 Å². The molecular weight excluding hydrogens is 418 g/mol. The van der Waals surface area contributed by atoms with E-state index in [1.54, 1.807) is 60.7 Å². The molecule has 1 aliphatic heterocycles. The van der Waals surface area contributed by atoms with Gasteiger partial charge >= 0.3 is 5.97 Å². The Morgan fingerprint density at radius 3 is 2.18 bits per heavy atom. The number of amides is 1. The minimum absolute atomic E-state index is 0.235. The maximum atomic E-state index is 12.4. The number of esters is 1. The molecule has 3 aromatic carbocycles. The van der Waals surface area contributed by atoms with E-state index in [0.717, 1.165) is 24.4 Å². The first-order chi connectivity index (χ1) is 16.0. The first-order valence-electron chi connectivity index (χ1n) is 10.6. The molecule has 0 aliphatic carbocycles. The number of hydrogen-bond acceptors (Lipinski definition) is 6. The highest BCUT2D eigenvalue weighted by Crippen LogP contribution is 2.20. The highest BCUT2D eigenvalue weighted by atomic mass is 16.5. The lowest BCUT2D eigenvalue weighted by molar-refractivity contribution is 0.0474. The largest absolute Gasteiger partial charge is 0.454 e. The molecule has 0 spiro atoms. The molecular formula is C26H23N3O4. The number of carbonyl (C=O) groups is 3. The fraction of sp³-hybridized carbons (Fsp3) is 0.154. The third kappa shape index (κ3) is 5.51. The number of ketones is 1. The van der Waals surface area contributed by atoms with Crippen LogP contribution in [0.15, 0.2) is 84.0 Å².